The minimum Gasteiger partial charge on any atom is -0.465 e. The summed E-state index contributed by atoms with van der Waals surface area (Å²) >= 11 is 0. The van der Waals surface area contributed by atoms with Gasteiger partial charge in [0.25, 0.3) is 6.43 Å². The summed E-state index contributed by atoms with van der Waals surface area (Å²) in [6.07, 6.45) is -1.04. The summed E-state index contributed by atoms with van der Waals surface area (Å²) in [5, 5.41) is 4.52. The molecule has 1 fully saturated rings. The van der Waals surface area contributed by atoms with Gasteiger partial charge < -0.3 is 9.72 Å². The average molecular weight is 311 g/mol. The van der Waals surface area contributed by atoms with Gasteiger partial charge in [-0.1, -0.05) is 0 Å². The molecule has 0 bridgehead atoms. The zero-order valence-electron chi connectivity index (χ0n) is 11.9. The predicted molar refractivity (Wildman–Crippen MR) is 73.9 cm³/mol. The van der Waals surface area contributed by atoms with Gasteiger partial charge >= 0.3 is 5.97 Å². The van der Waals surface area contributed by atoms with E-state index in [4.69, 9.17) is 4.74 Å². The average Bonchev–Trinajstić information content (AvgIpc) is 3.23. The van der Waals surface area contributed by atoms with Crippen LogP contribution in [0.15, 0.2) is 10.9 Å². The number of carbonyl (C=O) groups is 1. The van der Waals surface area contributed by atoms with E-state index in [1.807, 2.05) is 0 Å². The molecule has 1 aliphatic carbocycles. The monoisotopic (exact) mass is 311 g/mol. The molecule has 0 aliphatic heterocycles. The number of nitrogens with one attached hydrogen (secondary N) is 1. The predicted octanol–water partition coefficient (Wildman–Crippen LogP) is 2.10. The van der Waals surface area contributed by atoms with Gasteiger partial charge in [-0.15, -0.1) is 0 Å². The molecule has 0 radical (unpaired) electrons. The van der Waals surface area contributed by atoms with Crippen molar-refractivity contribution >= 4 is 17.0 Å². The minimum atomic E-state index is -2.78. The Morgan fingerprint density at radius 1 is 1.55 bits per heavy atom. The first-order valence-electron chi connectivity index (χ1n) is 7.08. The highest BCUT2D eigenvalue weighted by atomic mass is 19.3. The van der Waals surface area contributed by atoms with Crippen LogP contribution in [0.2, 0.25) is 0 Å². The van der Waals surface area contributed by atoms with E-state index in [0.717, 1.165) is 18.9 Å². The molecule has 3 rings (SSSR count). The summed E-state index contributed by atoms with van der Waals surface area (Å²) in [5.41, 5.74) is -0.311. The molecule has 2 aromatic rings. The number of carbonyl (C=O) groups excluding carboxylic acids is 1. The fourth-order valence-electron chi connectivity index (χ4n) is 2.52. The number of ether oxygens (including phenoxy) is 1. The maximum Gasteiger partial charge on any atom is 0.327 e. The van der Waals surface area contributed by atoms with E-state index in [2.05, 4.69) is 10.1 Å². The number of nitrogens with zero attached hydrogens (tertiary/aromatic N) is 2. The second-order valence-corrected chi connectivity index (χ2v) is 5.24. The van der Waals surface area contributed by atoms with E-state index in [1.165, 1.54) is 4.68 Å². The largest absolute Gasteiger partial charge is 0.465 e. The number of hydrogen-bond acceptors (Lipinski definition) is 4. The van der Waals surface area contributed by atoms with Crippen LogP contribution in [0.1, 0.15) is 43.4 Å². The molecule has 0 saturated heterocycles. The molecule has 118 valence electrons. The molecule has 6 nitrogen and oxygen atoms in total. The number of fused-ring (bicyclic) bond motifs is 1. The summed E-state index contributed by atoms with van der Waals surface area (Å²) in [6.45, 7) is 1.66. The summed E-state index contributed by atoms with van der Waals surface area (Å²) in [5.74, 6) is -0.424. The van der Waals surface area contributed by atoms with Crippen LogP contribution in [0.5, 0.6) is 0 Å². The van der Waals surface area contributed by atoms with Gasteiger partial charge in [0, 0.05) is 22.9 Å². The van der Waals surface area contributed by atoms with Crippen LogP contribution in [-0.4, -0.2) is 27.3 Å². The number of hydrogen-bond donors (Lipinski definition) is 1. The molecule has 2 aromatic heterocycles. The van der Waals surface area contributed by atoms with Crippen LogP contribution >= 0.6 is 0 Å². The number of aromatic nitrogens is 3. The second-order valence-electron chi connectivity index (χ2n) is 5.24. The fourth-order valence-corrected chi connectivity index (χ4v) is 2.52. The smallest absolute Gasteiger partial charge is 0.327 e. The van der Waals surface area contributed by atoms with Gasteiger partial charge in [0.2, 0.25) is 5.56 Å². The van der Waals surface area contributed by atoms with Crippen molar-refractivity contribution in [2.24, 2.45) is 0 Å². The third-order valence-electron chi connectivity index (χ3n) is 3.58. The minimum absolute atomic E-state index is 0.106. The van der Waals surface area contributed by atoms with Crippen LogP contribution in [0.3, 0.4) is 0 Å². The number of esters is 1. The number of alkyl halides is 2. The molecule has 22 heavy (non-hydrogen) atoms. The number of aromatic amines is 1. The number of halogens is 2. The van der Waals surface area contributed by atoms with Crippen molar-refractivity contribution in [2.45, 2.75) is 38.7 Å². The fraction of sp³-hybridized carbons (Fsp3) is 0.500. The van der Waals surface area contributed by atoms with E-state index >= 15 is 0 Å². The van der Waals surface area contributed by atoms with E-state index in [1.54, 1.807) is 6.92 Å². The van der Waals surface area contributed by atoms with Crippen LogP contribution in [0.25, 0.3) is 11.0 Å². The first-order valence-corrected chi connectivity index (χ1v) is 7.08. The Morgan fingerprint density at radius 3 is 2.86 bits per heavy atom. The number of H-pyrrole nitrogens is 1. The van der Waals surface area contributed by atoms with E-state index in [9.17, 15) is 18.4 Å². The molecular formula is C14H15F2N3O3. The summed E-state index contributed by atoms with van der Waals surface area (Å²) in [7, 11) is 0. The van der Waals surface area contributed by atoms with Gasteiger partial charge in [-0.2, -0.15) is 5.10 Å². The van der Waals surface area contributed by atoms with Crippen LogP contribution in [0, 0.1) is 0 Å². The molecular weight excluding hydrogens is 296 g/mol. The van der Waals surface area contributed by atoms with Crippen molar-refractivity contribution in [2.75, 3.05) is 6.61 Å². The molecule has 1 aliphatic rings. The topological polar surface area (TPSA) is 77.0 Å². The SMILES string of the molecule is CCOC(=O)Cn1nc(C2CC2)c2c(C(F)F)cc(=O)[nH]c21. The van der Waals surface area contributed by atoms with Crippen molar-refractivity contribution in [3.8, 4) is 0 Å². The maximum atomic E-state index is 13.3. The zero-order chi connectivity index (χ0) is 15.9. The molecule has 2 heterocycles. The molecule has 1 saturated carbocycles. The van der Waals surface area contributed by atoms with Crippen LogP contribution in [-0.2, 0) is 16.1 Å². The van der Waals surface area contributed by atoms with Crippen molar-refractivity contribution in [1.29, 1.82) is 0 Å². The van der Waals surface area contributed by atoms with Gasteiger partial charge in [0.1, 0.15) is 12.2 Å². The first-order chi connectivity index (χ1) is 10.5. The van der Waals surface area contributed by atoms with Crippen LogP contribution in [0.4, 0.5) is 8.78 Å². The highest BCUT2D eigenvalue weighted by molar-refractivity contribution is 5.84. The Kier molecular flexibility index (Phi) is 3.67. The van der Waals surface area contributed by atoms with Gasteiger partial charge in [0.05, 0.1) is 12.3 Å². The quantitative estimate of drug-likeness (QED) is 0.858. The number of pyridine rings is 1. The second kappa shape index (κ2) is 5.51. The summed E-state index contributed by atoms with van der Waals surface area (Å²) < 4.78 is 32.6. The molecule has 8 heteroatoms. The lowest BCUT2D eigenvalue weighted by atomic mass is 10.1. The van der Waals surface area contributed by atoms with Gasteiger partial charge in [-0.3, -0.25) is 9.59 Å². The maximum absolute atomic E-state index is 13.3. The molecule has 0 aromatic carbocycles. The third kappa shape index (κ3) is 2.60. The van der Waals surface area contributed by atoms with Crippen molar-refractivity contribution in [3.63, 3.8) is 0 Å². The van der Waals surface area contributed by atoms with E-state index in [0.29, 0.717) is 5.69 Å². The van der Waals surface area contributed by atoms with Gasteiger partial charge in [-0.05, 0) is 19.8 Å². The molecule has 0 amide bonds. The Hall–Kier alpha value is -2.25. The number of rotatable bonds is 5. The third-order valence-corrected chi connectivity index (χ3v) is 3.58. The lowest BCUT2D eigenvalue weighted by Crippen LogP contribution is -2.16. The molecule has 1 N–H and O–H groups in total. The van der Waals surface area contributed by atoms with E-state index in [-0.39, 0.29) is 35.7 Å². The van der Waals surface area contributed by atoms with Gasteiger partial charge in [0.15, 0.2) is 0 Å². The highest BCUT2D eigenvalue weighted by Gasteiger charge is 2.32. The Morgan fingerprint density at radius 2 is 2.27 bits per heavy atom. The Bertz CT molecular complexity index is 777. The lowest BCUT2D eigenvalue weighted by molar-refractivity contribution is -0.143. The molecule has 0 unspecified atom stereocenters. The summed E-state index contributed by atoms with van der Waals surface area (Å²) in [4.78, 5) is 25.8. The highest BCUT2D eigenvalue weighted by Crippen LogP contribution is 2.43. The summed E-state index contributed by atoms with van der Waals surface area (Å²) in [6, 6.07) is 0.898. The Balaban J connectivity index is 2.17. The standard InChI is InChI=1S/C14H15F2N3O3/c1-2-22-10(21)6-19-14-11(12(18-19)7-3-4-7)8(13(15)16)5-9(20)17-14/h5,7,13H,2-4,6H2,1H3,(H,17,20). The first kappa shape index (κ1) is 14.7. The molecule has 0 spiro atoms. The van der Waals surface area contributed by atoms with Crippen molar-refractivity contribution in [3.05, 3.63) is 27.7 Å². The Labute approximate surface area is 124 Å². The van der Waals surface area contributed by atoms with Crippen LogP contribution < -0.4 is 5.56 Å². The molecule has 0 atom stereocenters. The van der Waals surface area contributed by atoms with Gasteiger partial charge in [-0.25, -0.2) is 13.5 Å². The zero-order valence-corrected chi connectivity index (χ0v) is 11.9. The lowest BCUT2D eigenvalue weighted by Gasteiger charge is -2.05. The van der Waals surface area contributed by atoms with Crippen molar-refractivity contribution < 1.29 is 18.3 Å². The van der Waals surface area contributed by atoms with E-state index < -0.39 is 18.0 Å². The van der Waals surface area contributed by atoms with Crippen molar-refractivity contribution in [1.82, 2.24) is 14.8 Å². The normalized spacial score (nSPS) is 14.7.